The first-order valence-corrected chi connectivity index (χ1v) is 3.72. The fraction of sp³-hybridized carbons (Fsp3) is 0.250. The largest absolute Gasteiger partial charge is 0.486 e. The van der Waals surface area contributed by atoms with Crippen LogP contribution in [0.5, 0.6) is 5.75 Å². The van der Waals surface area contributed by atoms with Crippen LogP contribution in [0, 0.1) is 5.82 Å². The summed E-state index contributed by atoms with van der Waals surface area (Å²) in [6, 6.07) is 4.71. The van der Waals surface area contributed by atoms with Crippen molar-refractivity contribution in [1.29, 1.82) is 0 Å². The molecule has 0 fully saturated rings. The van der Waals surface area contributed by atoms with Gasteiger partial charge in [0.2, 0.25) is 0 Å². The highest BCUT2D eigenvalue weighted by molar-refractivity contribution is 5.59. The van der Waals surface area contributed by atoms with E-state index in [2.05, 4.69) is 0 Å². The molecule has 2 rings (SSSR count). The fourth-order valence-corrected chi connectivity index (χ4v) is 1.23. The molecule has 0 saturated carbocycles. The molecule has 0 atom stereocenters. The molecule has 1 aliphatic rings. The van der Waals surface area contributed by atoms with Crippen LogP contribution in [0.4, 0.5) is 10.1 Å². The van der Waals surface area contributed by atoms with Crippen LogP contribution in [0.1, 0.15) is 0 Å². The number of fused-ring (bicyclic) bond motifs is 1. The molecule has 0 saturated heterocycles. The first-order valence-electron chi connectivity index (χ1n) is 3.72. The van der Waals surface area contributed by atoms with Crippen LogP contribution in [0.25, 0.3) is 0 Å². The minimum atomic E-state index is -0.359. The predicted octanol–water partition coefficient (Wildman–Crippen LogP) is 0.898. The maximum Gasteiger partial charge on any atom is 0.179 e. The van der Waals surface area contributed by atoms with Crippen LogP contribution < -0.4 is 15.6 Å². The van der Waals surface area contributed by atoms with Gasteiger partial charge in [0.05, 0.1) is 12.2 Å². The van der Waals surface area contributed by atoms with E-state index in [4.69, 9.17) is 10.6 Å². The lowest BCUT2D eigenvalue weighted by Gasteiger charge is -2.26. The molecule has 64 valence electrons. The van der Waals surface area contributed by atoms with Crippen molar-refractivity contribution in [2.45, 2.75) is 0 Å². The third kappa shape index (κ3) is 1.00. The van der Waals surface area contributed by atoms with Crippen molar-refractivity contribution in [3.63, 3.8) is 0 Å². The number of rotatable bonds is 0. The maximum atomic E-state index is 13.0. The number of hydrogen-bond acceptors (Lipinski definition) is 3. The van der Waals surface area contributed by atoms with Crippen molar-refractivity contribution in [3.8, 4) is 5.75 Å². The Morgan fingerprint density at radius 3 is 3.08 bits per heavy atom. The standard InChI is InChI=1S/C8H9FN2O/c9-6-2-1-3-7-8(6)12-5-4-11(7)10/h1-3H,4-5,10H2. The summed E-state index contributed by atoms with van der Waals surface area (Å²) in [7, 11) is 0. The SMILES string of the molecule is NN1CCOc2c(F)cccc21. The van der Waals surface area contributed by atoms with Gasteiger partial charge in [-0.2, -0.15) is 0 Å². The quantitative estimate of drug-likeness (QED) is 0.585. The molecular formula is C8H9FN2O. The Kier molecular flexibility index (Phi) is 1.62. The van der Waals surface area contributed by atoms with Crippen molar-refractivity contribution >= 4 is 5.69 Å². The summed E-state index contributed by atoms with van der Waals surface area (Å²) in [5.74, 6) is 5.50. The number of hydrazine groups is 1. The molecule has 0 spiro atoms. The molecule has 12 heavy (non-hydrogen) atoms. The Bertz CT molecular complexity index is 303. The van der Waals surface area contributed by atoms with E-state index in [-0.39, 0.29) is 11.6 Å². The summed E-state index contributed by atoms with van der Waals surface area (Å²) in [6.45, 7) is 1.03. The second-order valence-corrected chi connectivity index (χ2v) is 2.63. The van der Waals surface area contributed by atoms with Crippen molar-refractivity contribution in [2.75, 3.05) is 18.2 Å². The lowest BCUT2D eigenvalue weighted by Crippen LogP contribution is -2.38. The summed E-state index contributed by atoms with van der Waals surface area (Å²) >= 11 is 0. The van der Waals surface area contributed by atoms with Gasteiger partial charge < -0.3 is 9.75 Å². The average molecular weight is 168 g/mol. The second kappa shape index (κ2) is 2.64. The van der Waals surface area contributed by atoms with Crippen LogP contribution in [0.2, 0.25) is 0 Å². The molecule has 0 bridgehead atoms. The molecule has 2 N–H and O–H groups in total. The molecule has 0 aliphatic carbocycles. The van der Waals surface area contributed by atoms with Crippen LogP contribution in [0.3, 0.4) is 0 Å². The highest BCUT2D eigenvalue weighted by Gasteiger charge is 2.18. The number of nitrogens with two attached hydrogens (primary N) is 1. The van der Waals surface area contributed by atoms with E-state index in [0.29, 0.717) is 18.8 Å². The zero-order valence-electron chi connectivity index (χ0n) is 6.46. The Balaban J connectivity index is 2.52. The minimum absolute atomic E-state index is 0.256. The fourth-order valence-electron chi connectivity index (χ4n) is 1.23. The average Bonchev–Trinajstić information content (AvgIpc) is 2.07. The monoisotopic (exact) mass is 168 g/mol. The summed E-state index contributed by atoms with van der Waals surface area (Å²) in [6.07, 6.45) is 0. The number of nitrogens with zero attached hydrogens (tertiary/aromatic N) is 1. The first kappa shape index (κ1) is 7.36. The molecule has 1 aromatic rings. The molecule has 0 amide bonds. The lowest BCUT2D eigenvalue weighted by atomic mass is 10.2. The Hall–Kier alpha value is -1.29. The minimum Gasteiger partial charge on any atom is -0.486 e. The van der Waals surface area contributed by atoms with Crippen LogP contribution in [-0.2, 0) is 0 Å². The van der Waals surface area contributed by atoms with E-state index < -0.39 is 0 Å². The van der Waals surface area contributed by atoms with Gasteiger partial charge in [-0.25, -0.2) is 10.2 Å². The zero-order valence-corrected chi connectivity index (χ0v) is 6.46. The molecule has 4 heteroatoms. The molecule has 0 aromatic heterocycles. The third-order valence-electron chi connectivity index (χ3n) is 1.83. The van der Waals surface area contributed by atoms with Gasteiger partial charge in [-0.15, -0.1) is 0 Å². The highest BCUT2D eigenvalue weighted by atomic mass is 19.1. The number of benzene rings is 1. The molecule has 0 unspecified atom stereocenters. The number of para-hydroxylation sites is 1. The van der Waals surface area contributed by atoms with Crippen molar-refractivity contribution in [1.82, 2.24) is 0 Å². The van der Waals surface area contributed by atoms with Crippen LogP contribution in [0.15, 0.2) is 18.2 Å². The van der Waals surface area contributed by atoms with E-state index >= 15 is 0 Å². The maximum absolute atomic E-state index is 13.0. The van der Waals surface area contributed by atoms with Crippen molar-refractivity contribution < 1.29 is 9.13 Å². The Morgan fingerprint density at radius 2 is 2.33 bits per heavy atom. The predicted molar refractivity (Wildman–Crippen MR) is 43.4 cm³/mol. The van der Waals surface area contributed by atoms with E-state index in [0.717, 1.165) is 0 Å². The molecular weight excluding hydrogens is 159 g/mol. The molecule has 1 heterocycles. The van der Waals surface area contributed by atoms with Crippen molar-refractivity contribution in [3.05, 3.63) is 24.0 Å². The number of ether oxygens (including phenoxy) is 1. The van der Waals surface area contributed by atoms with E-state index in [1.165, 1.54) is 11.1 Å². The summed E-state index contributed by atoms with van der Waals surface area (Å²) in [5.41, 5.74) is 0.612. The molecule has 0 radical (unpaired) electrons. The van der Waals surface area contributed by atoms with Gasteiger partial charge in [0, 0.05) is 0 Å². The zero-order chi connectivity index (χ0) is 8.55. The van der Waals surface area contributed by atoms with Gasteiger partial charge in [-0.1, -0.05) is 6.07 Å². The normalized spacial score (nSPS) is 15.3. The van der Waals surface area contributed by atoms with Gasteiger partial charge in [-0.3, -0.25) is 0 Å². The van der Waals surface area contributed by atoms with Crippen LogP contribution >= 0.6 is 0 Å². The number of anilines is 1. The van der Waals surface area contributed by atoms with E-state index in [9.17, 15) is 4.39 Å². The van der Waals surface area contributed by atoms with E-state index in [1.807, 2.05) is 0 Å². The van der Waals surface area contributed by atoms with Gasteiger partial charge in [0.15, 0.2) is 11.6 Å². The number of hydrogen-bond donors (Lipinski definition) is 1. The van der Waals surface area contributed by atoms with Gasteiger partial charge >= 0.3 is 0 Å². The summed E-state index contributed by atoms with van der Waals surface area (Å²) in [5, 5.41) is 1.49. The lowest BCUT2D eigenvalue weighted by molar-refractivity contribution is 0.292. The van der Waals surface area contributed by atoms with Crippen molar-refractivity contribution in [2.24, 2.45) is 5.84 Å². The molecule has 3 nitrogen and oxygen atoms in total. The number of halogens is 1. The van der Waals surface area contributed by atoms with Gasteiger partial charge in [0.25, 0.3) is 0 Å². The Labute approximate surface area is 69.5 Å². The smallest absolute Gasteiger partial charge is 0.179 e. The van der Waals surface area contributed by atoms with E-state index in [1.54, 1.807) is 12.1 Å². The van der Waals surface area contributed by atoms with Gasteiger partial charge in [0.1, 0.15) is 6.61 Å². The van der Waals surface area contributed by atoms with Gasteiger partial charge in [-0.05, 0) is 12.1 Å². The molecule has 1 aromatic carbocycles. The van der Waals surface area contributed by atoms with Crippen LogP contribution in [-0.4, -0.2) is 13.2 Å². The Morgan fingerprint density at radius 1 is 1.50 bits per heavy atom. The second-order valence-electron chi connectivity index (χ2n) is 2.63. The topological polar surface area (TPSA) is 38.5 Å². The summed E-state index contributed by atoms with van der Waals surface area (Å²) in [4.78, 5) is 0. The summed E-state index contributed by atoms with van der Waals surface area (Å²) < 4.78 is 18.2. The third-order valence-corrected chi connectivity index (χ3v) is 1.83. The molecule has 1 aliphatic heterocycles. The first-order chi connectivity index (χ1) is 5.79. The highest BCUT2D eigenvalue weighted by Crippen LogP contribution is 2.31.